The molecule has 0 fully saturated rings. The van der Waals surface area contributed by atoms with Crippen LogP contribution in [0, 0.1) is 0 Å². The Labute approximate surface area is 125 Å². The summed E-state index contributed by atoms with van der Waals surface area (Å²) >= 11 is 0. The van der Waals surface area contributed by atoms with Gasteiger partial charge in [-0.3, -0.25) is 0 Å². The van der Waals surface area contributed by atoms with E-state index in [0.717, 1.165) is 36.3 Å². The van der Waals surface area contributed by atoms with Crippen molar-refractivity contribution in [3.63, 3.8) is 0 Å². The maximum atomic E-state index is 5.53. The molecule has 0 aromatic heterocycles. The number of ether oxygens (including phenoxy) is 1. The molecule has 3 nitrogen and oxygen atoms in total. The molecule has 2 aromatic rings. The third-order valence-corrected chi connectivity index (χ3v) is 3.73. The van der Waals surface area contributed by atoms with Gasteiger partial charge < -0.3 is 9.57 Å². The summed E-state index contributed by atoms with van der Waals surface area (Å²) in [5, 5.41) is 4.35. The Morgan fingerprint density at radius 3 is 2.71 bits per heavy atom. The van der Waals surface area contributed by atoms with E-state index in [9.17, 15) is 0 Å². The number of oxime groups is 1. The highest BCUT2D eigenvalue weighted by atomic mass is 16.6. The first-order chi connectivity index (χ1) is 10.4. The summed E-state index contributed by atoms with van der Waals surface area (Å²) in [6.07, 6.45) is 3.14. The molecule has 1 aliphatic rings. The monoisotopic (exact) mass is 281 g/mol. The summed E-state index contributed by atoms with van der Waals surface area (Å²) in [5.74, 6) is 0.903. The zero-order chi connectivity index (χ0) is 14.5. The molecule has 0 spiro atoms. The van der Waals surface area contributed by atoms with Gasteiger partial charge >= 0.3 is 0 Å². The first kappa shape index (κ1) is 13.7. The summed E-state index contributed by atoms with van der Waals surface area (Å²) in [4.78, 5) is 5.53. The van der Waals surface area contributed by atoms with E-state index in [2.05, 4.69) is 17.3 Å². The molecule has 108 valence electrons. The van der Waals surface area contributed by atoms with Gasteiger partial charge in [-0.05, 0) is 48.6 Å². The van der Waals surface area contributed by atoms with Crippen molar-refractivity contribution < 1.29 is 9.57 Å². The van der Waals surface area contributed by atoms with Crippen LogP contribution in [0.4, 0.5) is 0 Å². The van der Waals surface area contributed by atoms with E-state index in [1.165, 1.54) is 11.1 Å². The molecule has 0 radical (unpaired) electrons. The minimum Gasteiger partial charge on any atom is -0.497 e. The lowest BCUT2D eigenvalue weighted by Gasteiger charge is -2.18. The topological polar surface area (TPSA) is 30.8 Å². The number of aryl methyl sites for hydroxylation is 1. The summed E-state index contributed by atoms with van der Waals surface area (Å²) in [5.41, 5.74) is 4.65. The Hall–Kier alpha value is -2.29. The lowest BCUT2D eigenvalue weighted by atomic mass is 9.90. The standard InChI is InChI=1S/C18H19NO2/c1-20-16-10-11-17-15(12-16)8-5-9-18(17)19-21-13-14-6-3-2-4-7-14/h2-4,6-7,10-12H,5,8-9,13H2,1H3/b19-18-. The van der Waals surface area contributed by atoms with Crippen molar-refractivity contribution >= 4 is 5.71 Å². The van der Waals surface area contributed by atoms with Gasteiger partial charge in [0.15, 0.2) is 0 Å². The largest absolute Gasteiger partial charge is 0.497 e. The van der Waals surface area contributed by atoms with Gasteiger partial charge in [-0.1, -0.05) is 35.5 Å². The van der Waals surface area contributed by atoms with E-state index in [0.29, 0.717) is 6.61 Å². The third kappa shape index (κ3) is 3.24. The van der Waals surface area contributed by atoms with E-state index >= 15 is 0 Å². The van der Waals surface area contributed by atoms with Crippen molar-refractivity contribution in [1.82, 2.24) is 0 Å². The van der Waals surface area contributed by atoms with Crippen LogP contribution < -0.4 is 4.74 Å². The smallest absolute Gasteiger partial charge is 0.142 e. The second-order valence-electron chi connectivity index (χ2n) is 5.17. The van der Waals surface area contributed by atoms with E-state index in [1.807, 2.05) is 36.4 Å². The number of benzene rings is 2. The fourth-order valence-corrected chi connectivity index (χ4v) is 2.62. The lowest BCUT2D eigenvalue weighted by molar-refractivity contribution is 0.130. The van der Waals surface area contributed by atoms with Crippen molar-refractivity contribution in [2.24, 2.45) is 5.16 Å². The van der Waals surface area contributed by atoms with Crippen LogP contribution in [0.2, 0.25) is 0 Å². The average Bonchev–Trinajstić information content (AvgIpc) is 2.55. The zero-order valence-corrected chi connectivity index (χ0v) is 12.2. The number of hydrogen-bond acceptors (Lipinski definition) is 3. The zero-order valence-electron chi connectivity index (χ0n) is 12.2. The molecule has 0 atom stereocenters. The summed E-state index contributed by atoms with van der Waals surface area (Å²) in [6, 6.07) is 16.3. The van der Waals surface area contributed by atoms with Crippen molar-refractivity contribution in [1.29, 1.82) is 0 Å². The van der Waals surface area contributed by atoms with Gasteiger partial charge in [0.25, 0.3) is 0 Å². The van der Waals surface area contributed by atoms with E-state index in [1.54, 1.807) is 7.11 Å². The molecular weight excluding hydrogens is 262 g/mol. The number of fused-ring (bicyclic) bond motifs is 1. The minimum absolute atomic E-state index is 0.510. The van der Waals surface area contributed by atoms with Crippen molar-refractivity contribution in [3.8, 4) is 5.75 Å². The minimum atomic E-state index is 0.510. The van der Waals surface area contributed by atoms with Crippen LogP contribution in [0.3, 0.4) is 0 Å². The van der Waals surface area contributed by atoms with Gasteiger partial charge in [0.1, 0.15) is 12.4 Å². The molecule has 1 aliphatic carbocycles. The predicted molar refractivity (Wildman–Crippen MR) is 83.7 cm³/mol. The Kier molecular flexibility index (Phi) is 4.20. The Balaban J connectivity index is 1.74. The third-order valence-electron chi connectivity index (χ3n) is 3.73. The quantitative estimate of drug-likeness (QED) is 0.794. The molecule has 0 bridgehead atoms. The van der Waals surface area contributed by atoms with Crippen molar-refractivity contribution in [3.05, 3.63) is 65.2 Å². The molecule has 0 aliphatic heterocycles. The van der Waals surface area contributed by atoms with E-state index < -0.39 is 0 Å². The number of hydrogen-bond donors (Lipinski definition) is 0. The van der Waals surface area contributed by atoms with E-state index in [-0.39, 0.29) is 0 Å². The van der Waals surface area contributed by atoms with Crippen LogP contribution in [0.15, 0.2) is 53.7 Å². The van der Waals surface area contributed by atoms with Crippen LogP contribution in [0.5, 0.6) is 5.75 Å². The molecule has 0 N–H and O–H groups in total. The van der Waals surface area contributed by atoms with Gasteiger partial charge in [0, 0.05) is 5.56 Å². The number of nitrogens with zero attached hydrogens (tertiary/aromatic N) is 1. The fraction of sp³-hybridized carbons (Fsp3) is 0.278. The van der Waals surface area contributed by atoms with Crippen molar-refractivity contribution in [2.75, 3.05) is 7.11 Å². The van der Waals surface area contributed by atoms with Crippen LogP contribution in [0.25, 0.3) is 0 Å². The Morgan fingerprint density at radius 1 is 1.05 bits per heavy atom. The van der Waals surface area contributed by atoms with Crippen LogP contribution in [-0.2, 0) is 17.9 Å². The van der Waals surface area contributed by atoms with Gasteiger partial charge in [0.05, 0.1) is 12.8 Å². The molecule has 0 unspecified atom stereocenters. The second kappa shape index (κ2) is 6.44. The van der Waals surface area contributed by atoms with Crippen LogP contribution in [-0.4, -0.2) is 12.8 Å². The molecule has 2 aromatic carbocycles. The normalized spacial score (nSPS) is 15.6. The first-order valence-corrected chi connectivity index (χ1v) is 7.27. The Morgan fingerprint density at radius 2 is 1.90 bits per heavy atom. The molecule has 0 amide bonds. The molecular formula is C18H19NO2. The van der Waals surface area contributed by atoms with Gasteiger partial charge in [-0.15, -0.1) is 0 Å². The molecule has 0 saturated carbocycles. The molecule has 0 heterocycles. The Bertz CT molecular complexity index is 635. The molecule has 3 heteroatoms. The van der Waals surface area contributed by atoms with Gasteiger partial charge in [-0.2, -0.15) is 0 Å². The maximum absolute atomic E-state index is 5.53. The summed E-state index contributed by atoms with van der Waals surface area (Å²) in [7, 11) is 1.70. The van der Waals surface area contributed by atoms with Gasteiger partial charge in [-0.25, -0.2) is 0 Å². The highest BCUT2D eigenvalue weighted by Crippen LogP contribution is 2.26. The lowest BCUT2D eigenvalue weighted by Crippen LogP contribution is -2.12. The average molecular weight is 281 g/mol. The summed E-state index contributed by atoms with van der Waals surface area (Å²) < 4.78 is 5.28. The van der Waals surface area contributed by atoms with Gasteiger partial charge in [0.2, 0.25) is 0 Å². The fourth-order valence-electron chi connectivity index (χ4n) is 2.62. The van der Waals surface area contributed by atoms with Crippen molar-refractivity contribution in [2.45, 2.75) is 25.9 Å². The molecule has 0 saturated heterocycles. The maximum Gasteiger partial charge on any atom is 0.142 e. The highest BCUT2D eigenvalue weighted by molar-refractivity contribution is 6.02. The second-order valence-corrected chi connectivity index (χ2v) is 5.17. The molecule has 3 rings (SSSR count). The SMILES string of the molecule is COc1ccc2c(c1)CCC/C2=N/OCc1ccccc1. The number of methoxy groups -OCH3 is 1. The molecule has 21 heavy (non-hydrogen) atoms. The first-order valence-electron chi connectivity index (χ1n) is 7.27. The van der Waals surface area contributed by atoms with Crippen LogP contribution >= 0.6 is 0 Å². The number of rotatable bonds is 4. The van der Waals surface area contributed by atoms with Crippen LogP contribution in [0.1, 0.15) is 29.5 Å². The van der Waals surface area contributed by atoms with E-state index in [4.69, 9.17) is 9.57 Å². The summed E-state index contributed by atoms with van der Waals surface area (Å²) in [6.45, 7) is 0.510. The predicted octanol–water partition coefficient (Wildman–Crippen LogP) is 3.95. The highest BCUT2D eigenvalue weighted by Gasteiger charge is 2.16.